The van der Waals surface area contributed by atoms with Gasteiger partial charge in [0.2, 0.25) is 0 Å². The van der Waals surface area contributed by atoms with E-state index in [0.29, 0.717) is 17.1 Å². The number of methoxy groups -OCH3 is 1. The van der Waals surface area contributed by atoms with Crippen LogP contribution in [-0.4, -0.2) is 22.8 Å². The number of hydrogen-bond donors (Lipinski definition) is 0. The van der Waals surface area contributed by atoms with Gasteiger partial charge in [-0.05, 0) is 30.0 Å². The van der Waals surface area contributed by atoms with E-state index in [-0.39, 0.29) is 13.0 Å². The molecule has 1 unspecified atom stereocenters. The van der Waals surface area contributed by atoms with Gasteiger partial charge in [-0.15, -0.1) is 0 Å². The number of benzene rings is 2. The van der Waals surface area contributed by atoms with Gasteiger partial charge in [-0.25, -0.2) is 9.37 Å². The molecule has 160 valence electrons. The van der Waals surface area contributed by atoms with Crippen molar-refractivity contribution >= 4 is 0 Å². The van der Waals surface area contributed by atoms with Gasteiger partial charge in [-0.2, -0.15) is 13.2 Å². The second kappa shape index (κ2) is 8.50. The summed E-state index contributed by atoms with van der Waals surface area (Å²) in [5, 5.41) is 0. The van der Waals surface area contributed by atoms with Gasteiger partial charge in [-0.3, -0.25) is 0 Å². The summed E-state index contributed by atoms with van der Waals surface area (Å²) < 4.78 is 62.7. The number of aromatic nitrogens is 2. The highest BCUT2D eigenvalue weighted by atomic mass is 19.4. The molecule has 1 atom stereocenters. The maximum atomic E-state index is 14.0. The minimum absolute atomic E-state index is 0.233. The third kappa shape index (κ3) is 4.83. The van der Waals surface area contributed by atoms with Crippen molar-refractivity contribution < 1.29 is 22.3 Å². The predicted octanol–water partition coefficient (Wildman–Crippen LogP) is 6.24. The monoisotopic (exact) mass is 420 g/mol. The molecular formula is C23H24F4N2O. The molecule has 3 nitrogen and oxygen atoms in total. The van der Waals surface area contributed by atoms with Crippen molar-refractivity contribution in [2.45, 2.75) is 38.4 Å². The summed E-state index contributed by atoms with van der Waals surface area (Å²) >= 11 is 0. The molecule has 0 aliphatic heterocycles. The highest BCUT2D eigenvalue weighted by Crippen LogP contribution is 2.42. The van der Waals surface area contributed by atoms with Crippen molar-refractivity contribution in [1.29, 1.82) is 0 Å². The molecular weight excluding hydrogens is 396 g/mol. The first-order valence-electron chi connectivity index (χ1n) is 9.59. The predicted molar refractivity (Wildman–Crippen MR) is 108 cm³/mol. The van der Waals surface area contributed by atoms with Crippen LogP contribution in [0.4, 0.5) is 17.6 Å². The first kappa shape index (κ1) is 21.9. The van der Waals surface area contributed by atoms with E-state index < -0.39 is 23.3 Å². The largest absolute Gasteiger partial charge is 0.496 e. The molecule has 0 fully saturated rings. The average molecular weight is 420 g/mol. The summed E-state index contributed by atoms with van der Waals surface area (Å²) in [7, 11) is 1.42. The van der Waals surface area contributed by atoms with Crippen molar-refractivity contribution in [2.75, 3.05) is 7.11 Å². The maximum Gasteiger partial charge on any atom is 0.393 e. The van der Waals surface area contributed by atoms with Crippen LogP contribution < -0.4 is 4.74 Å². The standard InChI is InChI=1S/C23H24F4N2O/c1-22(2,19-13-18(24)9-10-20(19)30-3)14-17(23(25,26)27)15-29-12-11-28-21(29)16-7-5-4-6-8-16/h4-13,17H,14-15H2,1-3H3. The quantitative estimate of drug-likeness (QED) is 0.423. The molecule has 30 heavy (non-hydrogen) atoms. The Bertz CT molecular complexity index is 980. The normalized spacial score (nSPS) is 13.3. The maximum absolute atomic E-state index is 14.0. The van der Waals surface area contributed by atoms with Gasteiger partial charge in [0.25, 0.3) is 0 Å². The average Bonchev–Trinajstić information content (AvgIpc) is 3.15. The number of nitrogens with zero attached hydrogens (tertiary/aromatic N) is 2. The number of rotatable bonds is 7. The van der Waals surface area contributed by atoms with Gasteiger partial charge in [0, 0.05) is 30.1 Å². The van der Waals surface area contributed by atoms with E-state index in [1.54, 1.807) is 20.0 Å². The molecule has 7 heteroatoms. The van der Waals surface area contributed by atoms with Crippen LogP contribution in [0.1, 0.15) is 25.8 Å². The Hall–Kier alpha value is -2.83. The number of imidazole rings is 1. The number of hydrogen-bond acceptors (Lipinski definition) is 2. The van der Waals surface area contributed by atoms with Crippen LogP contribution in [0, 0.1) is 11.7 Å². The molecule has 3 rings (SSSR count). The zero-order valence-corrected chi connectivity index (χ0v) is 17.1. The van der Waals surface area contributed by atoms with E-state index in [9.17, 15) is 17.6 Å². The molecule has 2 aromatic carbocycles. The summed E-state index contributed by atoms with van der Waals surface area (Å²) in [5.74, 6) is -1.32. The van der Waals surface area contributed by atoms with E-state index in [1.807, 2.05) is 30.3 Å². The van der Waals surface area contributed by atoms with Gasteiger partial charge in [-0.1, -0.05) is 44.2 Å². The number of ether oxygens (including phenoxy) is 1. The molecule has 0 amide bonds. The fraction of sp³-hybridized carbons (Fsp3) is 0.348. The Balaban J connectivity index is 1.92. The molecule has 0 N–H and O–H groups in total. The molecule has 1 heterocycles. The topological polar surface area (TPSA) is 27.1 Å². The Morgan fingerprint density at radius 2 is 1.77 bits per heavy atom. The van der Waals surface area contributed by atoms with Crippen LogP contribution >= 0.6 is 0 Å². The van der Waals surface area contributed by atoms with Crippen molar-refractivity contribution in [3.63, 3.8) is 0 Å². The number of halogens is 4. The molecule has 0 saturated heterocycles. The van der Waals surface area contributed by atoms with E-state index in [0.717, 1.165) is 5.56 Å². The summed E-state index contributed by atoms with van der Waals surface area (Å²) in [6.07, 6.45) is -1.62. The second-order valence-corrected chi connectivity index (χ2v) is 7.94. The lowest BCUT2D eigenvalue weighted by molar-refractivity contribution is -0.183. The van der Waals surface area contributed by atoms with Crippen LogP contribution in [0.3, 0.4) is 0 Å². The SMILES string of the molecule is COc1ccc(F)cc1C(C)(C)CC(Cn1ccnc1-c1ccccc1)C(F)(F)F. The van der Waals surface area contributed by atoms with Gasteiger partial charge < -0.3 is 9.30 Å². The first-order valence-corrected chi connectivity index (χ1v) is 9.59. The van der Waals surface area contributed by atoms with Crippen molar-refractivity contribution in [3.05, 3.63) is 72.3 Å². The minimum Gasteiger partial charge on any atom is -0.496 e. The highest BCUT2D eigenvalue weighted by Gasteiger charge is 2.44. The zero-order valence-electron chi connectivity index (χ0n) is 17.1. The lowest BCUT2D eigenvalue weighted by atomic mass is 9.76. The smallest absolute Gasteiger partial charge is 0.393 e. The van der Waals surface area contributed by atoms with Crippen LogP contribution in [0.15, 0.2) is 60.9 Å². The van der Waals surface area contributed by atoms with Gasteiger partial charge in [0.15, 0.2) is 0 Å². The van der Waals surface area contributed by atoms with Crippen molar-refractivity contribution in [1.82, 2.24) is 9.55 Å². The van der Waals surface area contributed by atoms with Crippen LogP contribution in [0.25, 0.3) is 11.4 Å². The Kier molecular flexibility index (Phi) is 6.19. The molecule has 0 bridgehead atoms. The summed E-state index contributed by atoms with van der Waals surface area (Å²) in [6, 6.07) is 13.0. The zero-order chi connectivity index (χ0) is 21.9. The van der Waals surface area contributed by atoms with Gasteiger partial charge in [0.1, 0.15) is 17.4 Å². The molecule has 0 saturated carbocycles. The molecule has 0 aliphatic rings. The molecule has 0 aliphatic carbocycles. The fourth-order valence-corrected chi connectivity index (χ4v) is 3.76. The summed E-state index contributed by atoms with van der Waals surface area (Å²) in [6.45, 7) is 3.07. The van der Waals surface area contributed by atoms with E-state index in [1.165, 1.54) is 36.1 Å². The van der Waals surface area contributed by atoms with Crippen molar-refractivity contribution in [2.24, 2.45) is 5.92 Å². The van der Waals surface area contributed by atoms with Crippen LogP contribution in [0.2, 0.25) is 0 Å². The lowest BCUT2D eigenvalue weighted by Gasteiger charge is -2.33. The van der Waals surface area contributed by atoms with E-state index >= 15 is 0 Å². The Morgan fingerprint density at radius 1 is 1.07 bits per heavy atom. The van der Waals surface area contributed by atoms with E-state index in [2.05, 4.69) is 4.98 Å². The minimum atomic E-state index is -4.43. The van der Waals surface area contributed by atoms with E-state index in [4.69, 9.17) is 4.74 Å². The van der Waals surface area contributed by atoms with Crippen LogP contribution in [0.5, 0.6) is 5.75 Å². The van der Waals surface area contributed by atoms with Gasteiger partial charge in [0.05, 0.1) is 13.0 Å². The second-order valence-electron chi connectivity index (χ2n) is 7.94. The van der Waals surface area contributed by atoms with Crippen molar-refractivity contribution in [3.8, 4) is 17.1 Å². The van der Waals surface area contributed by atoms with Crippen LogP contribution in [-0.2, 0) is 12.0 Å². The third-order valence-electron chi connectivity index (χ3n) is 5.27. The molecule has 3 aromatic rings. The summed E-state index contributed by atoms with van der Waals surface area (Å²) in [4.78, 5) is 4.24. The highest BCUT2D eigenvalue weighted by molar-refractivity contribution is 5.55. The molecule has 1 aromatic heterocycles. The molecule has 0 spiro atoms. The molecule has 0 radical (unpaired) electrons. The summed E-state index contributed by atoms with van der Waals surface area (Å²) in [5.41, 5.74) is 0.184. The fourth-order valence-electron chi connectivity index (χ4n) is 3.76. The van der Waals surface area contributed by atoms with Gasteiger partial charge >= 0.3 is 6.18 Å². The Morgan fingerprint density at radius 3 is 2.40 bits per heavy atom. The third-order valence-corrected chi connectivity index (χ3v) is 5.27. The number of alkyl halides is 3. The Labute approximate surface area is 173 Å². The first-order chi connectivity index (χ1) is 14.1. The lowest BCUT2D eigenvalue weighted by Crippen LogP contribution is -2.34.